The summed E-state index contributed by atoms with van der Waals surface area (Å²) < 4.78 is 6.35. The van der Waals surface area contributed by atoms with Crippen molar-refractivity contribution in [3.63, 3.8) is 0 Å². The monoisotopic (exact) mass is 561 g/mol. The number of rotatable bonds is 4. The van der Waals surface area contributed by atoms with E-state index in [0.29, 0.717) is 0 Å². The summed E-state index contributed by atoms with van der Waals surface area (Å²) in [5.41, 5.74) is 7.50. The van der Waals surface area contributed by atoms with Crippen LogP contribution in [-0.2, 0) is 0 Å². The van der Waals surface area contributed by atoms with Crippen molar-refractivity contribution < 1.29 is 4.42 Å². The molecule has 1 heterocycles. The maximum atomic E-state index is 6.35. The van der Waals surface area contributed by atoms with Gasteiger partial charge in [-0.15, -0.1) is 0 Å². The van der Waals surface area contributed by atoms with Crippen LogP contribution in [0.25, 0.3) is 65.4 Å². The molecule has 0 amide bonds. The number of hydrogen-bond acceptors (Lipinski definition) is 2. The summed E-state index contributed by atoms with van der Waals surface area (Å²) in [5.74, 6) is 0. The maximum absolute atomic E-state index is 6.35. The Morgan fingerprint density at radius 1 is 0.341 bits per heavy atom. The zero-order chi connectivity index (χ0) is 29.0. The minimum atomic E-state index is 0.893. The minimum Gasteiger partial charge on any atom is -0.456 e. The standard InChI is InChI=1S/C42H27NO/c1-2-8-28(9-3-1)29-16-19-33(20-17-29)43(34-21-23-37-32(26-34)15-14-30-10-4-6-12-36(30)37)35-22-25-40-39(27-35)42-38-13-7-5-11-31(38)18-24-41(42)44-40/h1-27H. The highest BCUT2D eigenvalue weighted by Crippen LogP contribution is 2.42. The first kappa shape index (κ1) is 24.7. The van der Waals surface area contributed by atoms with E-state index in [0.717, 1.165) is 39.0 Å². The number of anilines is 3. The Hall–Kier alpha value is -5.86. The van der Waals surface area contributed by atoms with E-state index in [9.17, 15) is 0 Å². The van der Waals surface area contributed by atoms with Crippen molar-refractivity contribution in [1.29, 1.82) is 0 Å². The van der Waals surface area contributed by atoms with E-state index in [1.165, 1.54) is 43.4 Å². The molecule has 0 saturated carbocycles. The second kappa shape index (κ2) is 9.86. The quantitative estimate of drug-likeness (QED) is 0.199. The summed E-state index contributed by atoms with van der Waals surface area (Å²) in [4.78, 5) is 2.35. The van der Waals surface area contributed by atoms with Gasteiger partial charge in [-0.1, -0.05) is 115 Å². The molecular weight excluding hydrogens is 534 g/mol. The van der Waals surface area contributed by atoms with Crippen molar-refractivity contribution in [3.05, 3.63) is 164 Å². The van der Waals surface area contributed by atoms with Gasteiger partial charge in [-0.2, -0.15) is 0 Å². The molecule has 0 atom stereocenters. The molecule has 0 bridgehead atoms. The van der Waals surface area contributed by atoms with Crippen LogP contribution in [0, 0.1) is 0 Å². The second-order valence-electron chi connectivity index (χ2n) is 11.4. The maximum Gasteiger partial charge on any atom is 0.136 e. The highest BCUT2D eigenvalue weighted by Gasteiger charge is 2.17. The number of furan rings is 1. The lowest BCUT2D eigenvalue weighted by atomic mass is 10.0. The number of benzene rings is 8. The third kappa shape index (κ3) is 3.96. The molecule has 0 aliphatic heterocycles. The van der Waals surface area contributed by atoms with Gasteiger partial charge in [0.05, 0.1) is 0 Å². The Bertz CT molecular complexity index is 2490. The fourth-order valence-electron chi connectivity index (χ4n) is 6.69. The van der Waals surface area contributed by atoms with Crippen LogP contribution >= 0.6 is 0 Å². The van der Waals surface area contributed by atoms with Crippen LogP contribution in [0.1, 0.15) is 0 Å². The lowest BCUT2D eigenvalue weighted by Gasteiger charge is -2.26. The Labute approximate surface area is 255 Å². The summed E-state index contributed by atoms with van der Waals surface area (Å²) in [5, 5.41) is 9.69. The molecule has 9 rings (SSSR count). The predicted octanol–water partition coefficient (Wildman–Crippen LogP) is 12.2. The summed E-state index contributed by atoms with van der Waals surface area (Å²) in [6.07, 6.45) is 0. The SMILES string of the molecule is c1ccc(-c2ccc(N(c3ccc4c(ccc5ccccc54)c3)c3ccc4oc5ccc6ccccc6c5c4c3)cc2)cc1. The topological polar surface area (TPSA) is 16.4 Å². The zero-order valence-electron chi connectivity index (χ0n) is 23.9. The molecule has 206 valence electrons. The second-order valence-corrected chi connectivity index (χ2v) is 11.4. The lowest BCUT2D eigenvalue weighted by Crippen LogP contribution is -2.09. The van der Waals surface area contributed by atoms with Gasteiger partial charge in [-0.05, 0) is 92.0 Å². The molecule has 0 N–H and O–H groups in total. The molecule has 0 radical (unpaired) electrons. The first-order valence-electron chi connectivity index (χ1n) is 15.0. The Morgan fingerprint density at radius 3 is 1.75 bits per heavy atom. The molecule has 0 aliphatic carbocycles. The van der Waals surface area contributed by atoms with Crippen LogP contribution in [0.2, 0.25) is 0 Å². The van der Waals surface area contributed by atoms with E-state index in [1.54, 1.807) is 0 Å². The van der Waals surface area contributed by atoms with E-state index in [-0.39, 0.29) is 0 Å². The molecule has 0 spiro atoms. The molecule has 44 heavy (non-hydrogen) atoms. The molecule has 0 fully saturated rings. The van der Waals surface area contributed by atoms with Crippen LogP contribution in [0.15, 0.2) is 168 Å². The Kier molecular flexibility index (Phi) is 5.54. The summed E-state index contributed by atoms with van der Waals surface area (Å²) in [6, 6.07) is 58.6. The van der Waals surface area contributed by atoms with Crippen molar-refractivity contribution in [3.8, 4) is 11.1 Å². The molecule has 0 aliphatic rings. The first-order valence-corrected chi connectivity index (χ1v) is 15.0. The van der Waals surface area contributed by atoms with Gasteiger partial charge in [0.25, 0.3) is 0 Å². The molecular formula is C42H27NO. The van der Waals surface area contributed by atoms with E-state index in [4.69, 9.17) is 4.42 Å². The lowest BCUT2D eigenvalue weighted by molar-refractivity contribution is 0.669. The zero-order valence-corrected chi connectivity index (χ0v) is 23.9. The van der Waals surface area contributed by atoms with Gasteiger partial charge in [-0.3, -0.25) is 0 Å². The average molecular weight is 562 g/mol. The number of hydrogen-bond donors (Lipinski definition) is 0. The third-order valence-electron chi connectivity index (χ3n) is 8.82. The molecule has 9 aromatic rings. The highest BCUT2D eigenvalue weighted by molar-refractivity contribution is 6.19. The van der Waals surface area contributed by atoms with E-state index in [2.05, 4.69) is 169 Å². The van der Waals surface area contributed by atoms with Gasteiger partial charge in [0.2, 0.25) is 0 Å². The van der Waals surface area contributed by atoms with Crippen molar-refractivity contribution in [2.24, 2.45) is 0 Å². The molecule has 0 saturated heterocycles. The Morgan fingerprint density at radius 2 is 0.909 bits per heavy atom. The summed E-state index contributed by atoms with van der Waals surface area (Å²) in [7, 11) is 0. The fourth-order valence-corrected chi connectivity index (χ4v) is 6.69. The molecule has 2 nitrogen and oxygen atoms in total. The van der Waals surface area contributed by atoms with Crippen LogP contribution < -0.4 is 4.90 Å². The Balaban J connectivity index is 1.26. The third-order valence-corrected chi connectivity index (χ3v) is 8.82. The normalized spacial score (nSPS) is 11.6. The fraction of sp³-hybridized carbons (Fsp3) is 0. The predicted molar refractivity (Wildman–Crippen MR) is 186 cm³/mol. The van der Waals surface area contributed by atoms with E-state index >= 15 is 0 Å². The largest absolute Gasteiger partial charge is 0.456 e. The van der Waals surface area contributed by atoms with Crippen molar-refractivity contribution in [1.82, 2.24) is 0 Å². The highest BCUT2D eigenvalue weighted by atomic mass is 16.3. The molecule has 0 unspecified atom stereocenters. The molecule has 1 aromatic heterocycles. The van der Waals surface area contributed by atoms with E-state index in [1.807, 2.05) is 0 Å². The number of nitrogens with zero attached hydrogens (tertiary/aromatic N) is 1. The summed E-state index contributed by atoms with van der Waals surface area (Å²) in [6.45, 7) is 0. The smallest absolute Gasteiger partial charge is 0.136 e. The van der Waals surface area contributed by atoms with Crippen LogP contribution in [0.5, 0.6) is 0 Å². The van der Waals surface area contributed by atoms with Crippen molar-refractivity contribution in [2.75, 3.05) is 4.90 Å². The van der Waals surface area contributed by atoms with Crippen LogP contribution in [0.4, 0.5) is 17.1 Å². The average Bonchev–Trinajstić information content (AvgIpc) is 3.48. The molecule has 8 aromatic carbocycles. The van der Waals surface area contributed by atoms with E-state index < -0.39 is 0 Å². The summed E-state index contributed by atoms with van der Waals surface area (Å²) >= 11 is 0. The van der Waals surface area contributed by atoms with Gasteiger partial charge >= 0.3 is 0 Å². The van der Waals surface area contributed by atoms with Crippen molar-refractivity contribution >= 4 is 71.3 Å². The van der Waals surface area contributed by atoms with Gasteiger partial charge in [0, 0.05) is 27.8 Å². The van der Waals surface area contributed by atoms with Crippen LogP contribution in [-0.4, -0.2) is 0 Å². The minimum absolute atomic E-state index is 0.893. The number of fused-ring (bicyclic) bond motifs is 8. The van der Waals surface area contributed by atoms with Gasteiger partial charge in [-0.25, -0.2) is 0 Å². The molecule has 2 heteroatoms. The van der Waals surface area contributed by atoms with Gasteiger partial charge < -0.3 is 9.32 Å². The van der Waals surface area contributed by atoms with Gasteiger partial charge in [0.15, 0.2) is 0 Å². The van der Waals surface area contributed by atoms with Gasteiger partial charge in [0.1, 0.15) is 11.2 Å². The van der Waals surface area contributed by atoms with Crippen molar-refractivity contribution in [2.45, 2.75) is 0 Å². The first-order chi connectivity index (χ1) is 21.8. The van der Waals surface area contributed by atoms with Crippen LogP contribution in [0.3, 0.4) is 0 Å².